The number of benzene rings is 3. The van der Waals surface area contributed by atoms with Gasteiger partial charge in [0.25, 0.3) is 11.1 Å². The molecule has 0 unspecified atom stereocenters. The van der Waals surface area contributed by atoms with Gasteiger partial charge in [0.2, 0.25) is 0 Å². The first-order chi connectivity index (χ1) is 17.4. The standard InChI is InChI=1S/C27H19BrF2N2O3S/c28-19-5-10-24-22(14-19)18(16-31(24)15-17-3-1-2-4-23(17)30)13-25-26(33)32(27(34)36-25)11-12-35-21-8-6-20(29)7-9-21/h1-10,13-14,16H,11-12,15H2/b25-13-. The van der Waals surface area contributed by atoms with Gasteiger partial charge in [-0.25, -0.2) is 8.78 Å². The minimum Gasteiger partial charge on any atom is -0.492 e. The molecule has 0 spiro atoms. The zero-order chi connectivity index (χ0) is 25.2. The second-order valence-electron chi connectivity index (χ2n) is 8.10. The largest absolute Gasteiger partial charge is 0.492 e. The van der Waals surface area contributed by atoms with Crippen LogP contribution in [0, 0.1) is 11.6 Å². The molecule has 2 amide bonds. The molecular formula is C27H19BrF2N2O3S. The van der Waals surface area contributed by atoms with Gasteiger partial charge in [-0.15, -0.1) is 0 Å². The maximum atomic E-state index is 14.3. The van der Waals surface area contributed by atoms with E-state index < -0.39 is 5.91 Å². The summed E-state index contributed by atoms with van der Waals surface area (Å²) < 4.78 is 35.6. The summed E-state index contributed by atoms with van der Waals surface area (Å²) in [5.41, 5.74) is 2.17. The smallest absolute Gasteiger partial charge is 0.293 e. The van der Waals surface area contributed by atoms with Crippen molar-refractivity contribution in [3.8, 4) is 5.75 Å². The van der Waals surface area contributed by atoms with E-state index in [4.69, 9.17) is 4.74 Å². The Morgan fingerprint density at radius 1 is 1.00 bits per heavy atom. The lowest BCUT2D eigenvalue weighted by Gasteiger charge is -2.13. The number of hydrogen-bond donors (Lipinski definition) is 0. The number of ether oxygens (including phenoxy) is 1. The van der Waals surface area contributed by atoms with Gasteiger partial charge < -0.3 is 9.30 Å². The number of fused-ring (bicyclic) bond motifs is 1. The maximum Gasteiger partial charge on any atom is 0.293 e. The van der Waals surface area contributed by atoms with Crippen LogP contribution in [0.1, 0.15) is 11.1 Å². The van der Waals surface area contributed by atoms with Crippen molar-refractivity contribution in [2.45, 2.75) is 6.54 Å². The summed E-state index contributed by atoms with van der Waals surface area (Å²) in [6.45, 7) is 0.479. The number of carbonyl (C=O) groups excluding carboxylic acids is 2. The number of thioether (sulfide) groups is 1. The quantitative estimate of drug-likeness (QED) is 0.229. The van der Waals surface area contributed by atoms with Crippen molar-refractivity contribution in [3.05, 3.63) is 105 Å². The van der Waals surface area contributed by atoms with Gasteiger partial charge in [-0.2, -0.15) is 0 Å². The molecule has 36 heavy (non-hydrogen) atoms. The number of rotatable bonds is 7. The summed E-state index contributed by atoms with van der Waals surface area (Å²) in [6.07, 6.45) is 3.55. The fourth-order valence-electron chi connectivity index (χ4n) is 3.97. The highest BCUT2D eigenvalue weighted by Gasteiger charge is 2.35. The molecule has 0 saturated carbocycles. The van der Waals surface area contributed by atoms with Crippen LogP contribution in [-0.4, -0.2) is 33.8 Å². The van der Waals surface area contributed by atoms with Gasteiger partial charge in [-0.05, 0) is 66.4 Å². The molecule has 0 aliphatic carbocycles. The van der Waals surface area contributed by atoms with Crippen molar-refractivity contribution in [1.29, 1.82) is 0 Å². The fourth-order valence-corrected chi connectivity index (χ4v) is 5.19. The molecule has 1 aliphatic rings. The Labute approximate surface area is 218 Å². The highest BCUT2D eigenvalue weighted by Crippen LogP contribution is 2.35. The fraction of sp³-hybridized carbons (Fsp3) is 0.111. The van der Waals surface area contributed by atoms with E-state index in [2.05, 4.69) is 15.9 Å². The number of aromatic nitrogens is 1. The molecule has 1 aliphatic heterocycles. The first-order valence-electron chi connectivity index (χ1n) is 11.0. The second-order valence-corrected chi connectivity index (χ2v) is 10.0. The Hall–Kier alpha value is -3.43. The van der Waals surface area contributed by atoms with E-state index >= 15 is 0 Å². The van der Waals surface area contributed by atoms with Crippen molar-refractivity contribution < 1.29 is 23.1 Å². The third kappa shape index (κ3) is 5.08. The van der Waals surface area contributed by atoms with E-state index in [1.165, 1.54) is 30.3 Å². The van der Waals surface area contributed by atoms with Crippen molar-refractivity contribution in [1.82, 2.24) is 9.47 Å². The Bertz CT molecular complexity index is 1500. The van der Waals surface area contributed by atoms with Crippen LogP contribution in [0.25, 0.3) is 17.0 Å². The predicted molar refractivity (Wildman–Crippen MR) is 140 cm³/mol. The molecule has 0 bridgehead atoms. The van der Waals surface area contributed by atoms with E-state index in [-0.39, 0.29) is 30.0 Å². The third-order valence-corrected chi connectivity index (χ3v) is 7.13. The molecule has 2 heterocycles. The van der Waals surface area contributed by atoms with E-state index in [1.807, 2.05) is 29.0 Å². The average molecular weight is 569 g/mol. The van der Waals surface area contributed by atoms with E-state index in [9.17, 15) is 18.4 Å². The van der Waals surface area contributed by atoms with Crippen LogP contribution < -0.4 is 4.74 Å². The molecule has 0 radical (unpaired) electrons. The molecule has 5 rings (SSSR count). The number of imide groups is 1. The molecule has 5 nitrogen and oxygen atoms in total. The highest BCUT2D eigenvalue weighted by molar-refractivity contribution is 9.10. The summed E-state index contributed by atoms with van der Waals surface area (Å²) in [6, 6.07) is 17.9. The number of hydrogen-bond acceptors (Lipinski definition) is 4. The molecule has 1 fully saturated rings. The van der Waals surface area contributed by atoms with Crippen LogP contribution in [0.15, 0.2) is 82.3 Å². The van der Waals surface area contributed by atoms with Crippen LogP contribution in [0.5, 0.6) is 5.75 Å². The summed E-state index contributed by atoms with van der Waals surface area (Å²) in [5, 5.41) is 0.484. The Kier molecular flexibility index (Phi) is 6.93. The van der Waals surface area contributed by atoms with Gasteiger partial charge in [0.1, 0.15) is 24.0 Å². The van der Waals surface area contributed by atoms with Crippen molar-refractivity contribution >= 4 is 55.8 Å². The molecule has 182 valence electrons. The molecular weight excluding hydrogens is 550 g/mol. The van der Waals surface area contributed by atoms with Crippen molar-refractivity contribution in [2.24, 2.45) is 0 Å². The van der Waals surface area contributed by atoms with Gasteiger partial charge in [-0.3, -0.25) is 14.5 Å². The molecule has 1 aromatic heterocycles. The van der Waals surface area contributed by atoms with E-state index in [0.29, 0.717) is 22.8 Å². The number of carbonyl (C=O) groups is 2. The summed E-state index contributed by atoms with van der Waals surface area (Å²) in [7, 11) is 0. The molecule has 0 N–H and O–H groups in total. The molecule has 0 atom stereocenters. The van der Waals surface area contributed by atoms with Crippen LogP contribution in [0.2, 0.25) is 0 Å². The number of amides is 2. The lowest BCUT2D eigenvalue weighted by atomic mass is 10.1. The molecule has 1 saturated heterocycles. The van der Waals surface area contributed by atoms with Gasteiger partial charge >= 0.3 is 0 Å². The van der Waals surface area contributed by atoms with Gasteiger partial charge in [0.15, 0.2) is 0 Å². The topological polar surface area (TPSA) is 51.5 Å². The second kappa shape index (κ2) is 10.3. The Morgan fingerprint density at radius 2 is 1.78 bits per heavy atom. The Morgan fingerprint density at radius 3 is 2.56 bits per heavy atom. The summed E-state index contributed by atoms with van der Waals surface area (Å²) in [4.78, 5) is 27.0. The maximum absolute atomic E-state index is 14.3. The van der Waals surface area contributed by atoms with Gasteiger partial charge in [-0.1, -0.05) is 34.1 Å². The lowest BCUT2D eigenvalue weighted by Crippen LogP contribution is -2.32. The van der Waals surface area contributed by atoms with Crippen LogP contribution in [-0.2, 0) is 11.3 Å². The summed E-state index contributed by atoms with van der Waals surface area (Å²) >= 11 is 4.36. The Balaban J connectivity index is 1.38. The average Bonchev–Trinajstić information content (AvgIpc) is 3.32. The first-order valence-corrected chi connectivity index (χ1v) is 12.7. The van der Waals surface area contributed by atoms with Crippen molar-refractivity contribution in [3.63, 3.8) is 0 Å². The molecule has 3 aromatic carbocycles. The van der Waals surface area contributed by atoms with Crippen molar-refractivity contribution in [2.75, 3.05) is 13.2 Å². The zero-order valence-electron chi connectivity index (χ0n) is 18.8. The predicted octanol–water partition coefficient (Wildman–Crippen LogP) is 6.85. The molecule has 9 heteroatoms. The van der Waals surface area contributed by atoms with Crippen LogP contribution >= 0.6 is 27.7 Å². The third-order valence-electron chi connectivity index (χ3n) is 5.73. The van der Waals surface area contributed by atoms with Crippen LogP contribution in [0.4, 0.5) is 13.6 Å². The van der Waals surface area contributed by atoms with E-state index in [0.717, 1.165) is 37.6 Å². The van der Waals surface area contributed by atoms with Gasteiger partial charge in [0, 0.05) is 32.7 Å². The molecule has 4 aromatic rings. The number of halogens is 3. The lowest BCUT2D eigenvalue weighted by molar-refractivity contribution is -0.123. The number of nitrogens with zero attached hydrogens (tertiary/aromatic N) is 2. The van der Waals surface area contributed by atoms with Crippen LogP contribution in [0.3, 0.4) is 0 Å². The monoisotopic (exact) mass is 568 g/mol. The SMILES string of the molecule is O=C1S/C(=C\c2cn(Cc3ccccc3F)c3ccc(Br)cc23)C(=O)N1CCOc1ccc(F)cc1. The zero-order valence-corrected chi connectivity index (χ0v) is 21.2. The first kappa shape index (κ1) is 24.3. The summed E-state index contributed by atoms with van der Waals surface area (Å²) in [5.74, 6) is -0.618. The normalized spacial score (nSPS) is 14.9. The highest BCUT2D eigenvalue weighted by atomic mass is 79.9. The minimum absolute atomic E-state index is 0.0694. The van der Waals surface area contributed by atoms with E-state index in [1.54, 1.807) is 24.3 Å². The minimum atomic E-state index is -0.405. The van der Waals surface area contributed by atoms with Gasteiger partial charge in [0.05, 0.1) is 18.0 Å².